The number of ketones is 1. The molecule has 16 heteroatoms. The number of sulfone groups is 2. The maximum absolute atomic E-state index is 14.1. The molecule has 1 saturated heterocycles. The number of carbonyl (C=O) groups excluding carboxylic acids is 1. The number of nitrogens with zero attached hydrogens (tertiary/aromatic N) is 2. The largest absolute Gasteiger partial charge is 0.501 e. The Bertz CT molecular complexity index is 2540. The quantitative estimate of drug-likeness (QED) is 0.0611. The van der Waals surface area contributed by atoms with E-state index < -0.39 is 52.6 Å². The summed E-state index contributed by atoms with van der Waals surface area (Å²) in [6, 6.07) is 33.6. The Morgan fingerprint density at radius 1 is 0.873 bits per heavy atom. The highest BCUT2D eigenvalue weighted by Crippen LogP contribution is 2.39. The molecule has 0 radical (unpaired) electrons. The Hall–Kier alpha value is -4.22. The first-order chi connectivity index (χ1) is 30.0. The predicted octanol–water partition coefficient (Wildman–Crippen LogP) is 9.17. The van der Waals surface area contributed by atoms with Gasteiger partial charge in [-0.3, -0.25) is 4.79 Å². The third kappa shape index (κ3) is 12.3. The topological polar surface area (TPSA) is 132 Å². The van der Waals surface area contributed by atoms with E-state index in [9.17, 15) is 45.0 Å². The van der Waals surface area contributed by atoms with Crippen LogP contribution in [0.5, 0.6) is 0 Å². The van der Waals surface area contributed by atoms with E-state index in [-0.39, 0.29) is 36.0 Å². The lowest BCUT2D eigenvalue weighted by Crippen LogP contribution is -2.35. The van der Waals surface area contributed by atoms with Gasteiger partial charge in [0.15, 0.2) is 15.6 Å². The molecule has 0 spiro atoms. The number of halogens is 4. The van der Waals surface area contributed by atoms with Gasteiger partial charge in [-0.15, -0.1) is 11.8 Å². The fourth-order valence-corrected chi connectivity index (χ4v) is 11.4. The van der Waals surface area contributed by atoms with Crippen molar-refractivity contribution < 1.29 is 45.0 Å². The molecule has 1 aliphatic rings. The molecule has 0 saturated carbocycles. The van der Waals surface area contributed by atoms with Gasteiger partial charge in [0.2, 0.25) is 0 Å². The highest BCUT2D eigenvalue weighted by atomic mass is 35.5. The number of benzene rings is 5. The molecule has 1 heterocycles. The SMILES string of the molecule is CN(CCO)CC[C@H](CSc1ccccc1)Cc1ccc(S(=O)(=O)CC(=O)c2ccc(N3CCC([C@@H](O)c4ccccc4-c4ccc(Cl)cc4)CC3)cc2)cc1S(=O)(=O)C(F)(F)F. The first-order valence-electron chi connectivity index (χ1n) is 20.5. The van der Waals surface area contributed by atoms with E-state index in [0.717, 1.165) is 39.4 Å². The number of aliphatic hydroxyl groups is 2. The molecule has 63 heavy (non-hydrogen) atoms. The van der Waals surface area contributed by atoms with Crippen LogP contribution in [0.2, 0.25) is 5.02 Å². The Morgan fingerprint density at radius 2 is 1.52 bits per heavy atom. The van der Waals surface area contributed by atoms with E-state index in [2.05, 4.69) is 4.90 Å². The molecule has 2 N–H and O–H groups in total. The van der Waals surface area contributed by atoms with E-state index in [4.69, 9.17) is 11.6 Å². The molecule has 9 nitrogen and oxygen atoms in total. The number of rotatable bonds is 19. The monoisotopic (exact) mass is 942 g/mol. The van der Waals surface area contributed by atoms with Gasteiger partial charge in [-0.1, -0.05) is 72.3 Å². The maximum Gasteiger partial charge on any atom is 0.501 e. The molecule has 336 valence electrons. The van der Waals surface area contributed by atoms with Gasteiger partial charge in [-0.05, 0) is 134 Å². The van der Waals surface area contributed by atoms with Crippen molar-refractivity contribution in [1.29, 1.82) is 0 Å². The number of piperidine rings is 1. The summed E-state index contributed by atoms with van der Waals surface area (Å²) >= 11 is 7.56. The molecule has 0 bridgehead atoms. The highest BCUT2D eigenvalue weighted by Gasteiger charge is 2.48. The third-order valence-corrected chi connectivity index (χ3v) is 16.1. The number of thioether (sulfide) groups is 1. The number of anilines is 1. The van der Waals surface area contributed by atoms with Crippen LogP contribution in [0.4, 0.5) is 18.9 Å². The molecule has 0 unspecified atom stereocenters. The number of hydrogen-bond acceptors (Lipinski definition) is 10. The Labute approximate surface area is 376 Å². The van der Waals surface area contributed by atoms with Crippen LogP contribution in [0.25, 0.3) is 11.1 Å². The number of hydrogen-bond donors (Lipinski definition) is 2. The summed E-state index contributed by atoms with van der Waals surface area (Å²) < 4.78 is 95.7. The van der Waals surface area contributed by atoms with E-state index in [1.807, 2.05) is 83.8 Å². The van der Waals surface area contributed by atoms with Crippen molar-refractivity contribution in [1.82, 2.24) is 4.90 Å². The summed E-state index contributed by atoms with van der Waals surface area (Å²) in [6.45, 7) is 2.00. The van der Waals surface area contributed by atoms with Crippen molar-refractivity contribution in [3.8, 4) is 11.1 Å². The molecule has 1 fully saturated rings. The van der Waals surface area contributed by atoms with E-state index in [0.29, 0.717) is 62.3 Å². The first kappa shape index (κ1) is 48.2. The summed E-state index contributed by atoms with van der Waals surface area (Å²) in [5, 5.41) is 21.5. The number of alkyl halides is 3. The second-order valence-electron chi connectivity index (χ2n) is 15.8. The summed E-state index contributed by atoms with van der Waals surface area (Å²) in [7, 11) is -8.81. The molecule has 5 aromatic rings. The first-order valence-corrected chi connectivity index (χ1v) is 25.0. The average molecular weight is 944 g/mol. The van der Waals surface area contributed by atoms with Gasteiger partial charge in [-0.25, -0.2) is 16.8 Å². The lowest BCUT2D eigenvalue weighted by Gasteiger charge is -2.36. The van der Waals surface area contributed by atoms with Crippen LogP contribution in [0, 0.1) is 11.8 Å². The molecule has 6 rings (SSSR count). The van der Waals surface area contributed by atoms with Crippen LogP contribution in [-0.2, 0) is 26.1 Å². The van der Waals surface area contributed by atoms with Crippen molar-refractivity contribution in [3.63, 3.8) is 0 Å². The Balaban J connectivity index is 1.14. The molecule has 0 aromatic heterocycles. The van der Waals surface area contributed by atoms with Crippen molar-refractivity contribution in [2.45, 2.75) is 52.0 Å². The molecule has 2 atom stereocenters. The van der Waals surface area contributed by atoms with Gasteiger partial charge in [0.05, 0.1) is 22.5 Å². The molecular formula is C47H50ClF3N2O7S3. The number of aliphatic hydroxyl groups excluding tert-OH is 2. The average Bonchev–Trinajstić information content (AvgIpc) is 3.27. The Morgan fingerprint density at radius 3 is 2.17 bits per heavy atom. The lowest BCUT2D eigenvalue weighted by molar-refractivity contribution is -0.0436. The summed E-state index contributed by atoms with van der Waals surface area (Å²) in [4.78, 5) is 16.4. The third-order valence-electron chi connectivity index (χ3n) is 11.4. The van der Waals surface area contributed by atoms with Crippen molar-refractivity contribution in [2.75, 3.05) is 56.2 Å². The van der Waals surface area contributed by atoms with Crippen molar-refractivity contribution in [3.05, 3.63) is 143 Å². The van der Waals surface area contributed by atoms with Gasteiger partial charge in [0.25, 0.3) is 9.84 Å². The minimum atomic E-state index is -6.00. The number of likely N-dealkylation sites (N-methyl/N-ethyl adjacent to an activating group) is 1. The van der Waals surface area contributed by atoms with Gasteiger partial charge >= 0.3 is 5.51 Å². The van der Waals surface area contributed by atoms with Crippen LogP contribution in [-0.4, -0.2) is 94.6 Å². The van der Waals surface area contributed by atoms with Crippen molar-refractivity contribution >= 4 is 54.5 Å². The fourth-order valence-electron chi connectivity index (χ4n) is 7.82. The molecule has 0 amide bonds. The highest BCUT2D eigenvalue weighted by molar-refractivity contribution is 7.99. The molecule has 1 aliphatic heterocycles. The summed E-state index contributed by atoms with van der Waals surface area (Å²) in [5.41, 5.74) is -2.31. The van der Waals surface area contributed by atoms with Crippen molar-refractivity contribution in [2.24, 2.45) is 11.8 Å². The fraction of sp³-hybridized carbons (Fsp3) is 0.340. The minimum absolute atomic E-state index is 0.00840. The smallest absolute Gasteiger partial charge is 0.395 e. The van der Waals surface area contributed by atoms with Crippen LogP contribution in [0.1, 0.15) is 46.9 Å². The van der Waals surface area contributed by atoms with Crippen LogP contribution < -0.4 is 4.90 Å². The lowest BCUT2D eigenvalue weighted by atomic mass is 9.84. The second-order valence-corrected chi connectivity index (χ2v) is 21.3. The standard InChI is InChI=1S/C47H50ClF3N2O7S3/c1-52(27-28-54)24-21-33(31-61-40-7-3-2-4-8-40)29-37-15-20-41(30-45(37)63(59,60)47(49,50)51)62(57,58)32-44(55)35-13-18-39(19-14-35)53-25-22-36(23-26-53)46(56)43-10-6-5-9-42(43)34-11-16-38(48)17-12-34/h2-20,30,33,36,46,54,56H,21-29,31-32H2,1H3/t33-,46+/m0/s1. The molecule has 0 aliphatic carbocycles. The van der Waals surface area contributed by atoms with Crippen LogP contribution in [0.3, 0.4) is 0 Å². The van der Waals surface area contributed by atoms with Crippen LogP contribution >= 0.6 is 23.4 Å². The van der Waals surface area contributed by atoms with E-state index in [1.165, 1.54) is 23.9 Å². The zero-order chi connectivity index (χ0) is 45.4. The van der Waals surface area contributed by atoms with E-state index >= 15 is 0 Å². The van der Waals surface area contributed by atoms with Gasteiger partial charge in [0.1, 0.15) is 5.75 Å². The van der Waals surface area contributed by atoms with Crippen LogP contribution in [0.15, 0.2) is 136 Å². The second kappa shape index (κ2) is 21.2. The Kier molecular flexibility index (Phi) is 16.2. The van der Waals surface area contributed by atoms with E-state index in [1.54, 1.807) is 19.2 Å². The van der Waals surface area contributed by atoms with Gasteiger partial charge < -0.3 is 20.0 Å². The normalized spacial score (nSPS) is 15.1. The number of Topliss-reactive ketones (excluding diaryl/α,β-unsaturated/α-hetero) is 1. The molecule has 5 aromatic carbocycles. The summed E-state index contributed by atoms with van der Waals surface area (Å²) in [5.74, 6) is -1.81. The maximum atomic E-state index is 14.1. The van der Waals surface area contributed by atoms with Gasteiger partial charge in [0, 0.05) is 46.6 Å². The zero-order valence-corrected chi connectivity index (χ0v) is 37.8. The van der Waals surface area contributed by atoms with Gasteiger partial charge in [-0.2, -0.15) is 13.2 Å². The molecular weight excluding hydrogens is 893 g/mol. The minimum Gasteiger partial charge on any atom is -0.395 e. The zero-order valence-electron chi connectivity index (χ0n) is 34.6. The number of carbonyl (C=O) groups is 1. The predicted molar refractivity (Wildman–Crippen MR) is 243 cm³/mol. The summed E-state index contributed by atoms with van der Waals surface area (Å²) in [6.07, 6.45) is 1.04.